The smallest absolute Gasteiger partial charge is 0.262 e. The SMILES string of the molecule is COS(N)(=O)=O.PPP(P(P)P)P(I)P(P)P. The first-order valence-corrected chi connectivity index (χ1v) is 25.3. The van der Waals surface area contributed by atoms with Gasteiger partial charge < -0.3 is 0 Å². The van der Waals surface area contributed by atoms with E-state index < -0.39 is 10.3 Å². The summed E-state index contributed by atoms with van der Waals surface area (Å²) in [4.78, 5) is 0.262. The van der Waals surface area contributed by atoms with Crippen molar-refractivity contribution in [2.75, 3.05) is 7.11 Å². The third-order valence-corrected chi connectivity index (χ3v) is 71.8. The molecule has 8 atom stereocenters. The van der Waals surface area contributed by atoms with E-state index in [1.54, 1.807) is 0 Å². The average molecular weight is 559 g/mol. The zero-order valence-corrected chi connectivity index (χ0v) is 22.1. The molecule has 0 aromatic carbocycles. The van der Waals surface area contributed by atoms with Crippen LogP contribution in [0.1, 0.15) is 0 Å². The van der Waals surface area contributed by atoms with Crippen LogP contribution in [0.5, 0.6) is 0 Å². The first-order valence-electron chi connectivity index (χ1n) is 3.46. The molecule has 4 nitrogen and oxygen atoms in total. The molecular weight excluding hydrogens is 543 g/mol. The van der Waals surface area contributed by atoms with E-state index in [2.05, 4.69) is 76.0 Å². The minimum absolute atomic E-state index is 0.157. The maximum absolute atomic E-state index is 9.56. The molecule has 0 rings (SSSR count). The second-order valence-electron chi connectivity index (χ2n) is 2.08. The van der Waals surface area contributed by atoms with Gasteiger partial charge >= 0.3 is 10.3 Å². The monoisotopic (exact) mass is 559 g/mol. The highest BCUT2D eigenvalue weighted by Crippen LogP contribution is 3.11. The molecule has 2 N–H and O–H groups in total. The molecular formula is CH16INO3P10S. The summed E-state index contributed by atoms with van der Waals surface area (Å²) in [7, 11) is 13.2. The van der Waals surface area contributed by atoms with Crippen molar-refractivity contribution in [3.63, 3.8) is 0 Å². The van der Waals surface area contributed by atoms with Gasteiger partial charge in [-0.05, 0) is 43.0 Å². The van der Waals surface area contributed by atoms with Crippen LogP contribution in [-0.4, -0.2) is 15.5 Å². The van der Waals surface area contributed by atoms with Crippen LogP contribution in [0.3, 0.4) is 0 Å². The van der Waals surface area contributed by atoms with Crippen molar-refractivity contribution in [1.29, 1.82) is 0 Å². The molecule has 0 saturated carbocycles. The van der Waals surface area contributed by atoms with E-state index in [-0.39, 0.29) is 18.9 Å². The fraction of sp³-hybridized carbons (Fsp3) is 1.00. The summed E-state index contributed by atoms with van der Waals surface area (Å²) < 4.78 is 22.8. The highest BCUT2D eigenvalue weighted by molar-refractivity contribution is 14.2. The Labute approximate surface area is 134 Å². The van der Waals surface area contributed by atoms with Crippen molar-refractivity contribution < 1.29 is 12.6 Å². The van der Waals surface area contributed by atoms with Crippen LogP contribution in [-0.2, 0) is 14.5 Å². The van der Waals surface area contributed by atoms with Crippen LogP contribution in [0.4, 0.5) is 0 Å². The molecule has 0 aliphatic heterocycles. The molecule has 0 spiro atoms. The van der Waals surface area contributed by atoms with Crippen LogP contribution in [0, 0.1) is 0 Å². The van der Waals surface area contributed by atoms with Gasteiger partial charge in [-0.15, -0.1) is 44.6 Å². The Morgan fingerprint density at radius 2 is 1.59 bits per heavy atom. The van der Waals surface area contributed by atoms with E-state index in [1.807, 2.05) is 0 Å². The van der Waals surface area contributed by atoms with E-state index in [4.69, 9.17) is 0 Å². The van der Waals surface area contributed by atoms with Crippen LogP contribution in [0.2, 0.25) is 0 Å². The molecule has 0 radical (unpaired) electrons. The molecule has 0 amide bonds. The van der Waals surface area contributed by atoms with E-state index in [1.165, 1.54) is 0 Å². The Morgan fingerprint density at radius 1 is 1.24 bits per heavy atom. The van der Waals surface area contributed by atoms with Crippen molar-refractivity contribution in [1.82, 2.24) is 0 Å². The summed E-state index contributed by atoms with van der Waals surface area (Å²) in [6.45, 7) is 0.624. The summed E-state index contributed by atoms with van der Waals surface area (Å²) in [5, 5.41) is 4.28. The van der Waals surface area contributed by atoms with Gasteiger partial charge in [-0.3, -0.25) is 4.18 Å². The van der Waals surface area contributed by atoms with Gasteiger partial charge in [-0.25, -0.2) is 5.14 Å². The second kappa shape index (κ2) is 13.3. The van der Waals surface area contributed by atoms with Crippen molar-refractivity contribution in [2.24, 2.45) is 5.14 Å². The van der Waals surface area contributed by atoms with Gasteiger partial charge in [0.1, 0.15) is 0 Å². The number of hydrogen-bond donors (Lipinski definition) is 1. The van der Waals surface area contributed by atoms with E-state index in [9.17, 15) is 8.42 Å². The Hall–Kier alpha value is 4.90. The van der Waals surface area contributed by atoms with Gasteiger partial charge in [0, 0.05) is 4.94 Å². The number of rotatable bonds is 5. The molecule has 16 heteroatoms. The molecule has 0 aliphatic carbocycles. The van der Waals surface area contributed by atoms with Gasteiger partial charge in [0.25, 0.3) is 0 Å². The molecule has 0 fully saturated rings. The highest BCUT2D eigenvalue weighted by Gasteiger charge is 2.23. The maximum Gasteiger partial charge on any atom is 0.333 e. The van der Waals surface area contributed by atoms with Crippen molar-refractivity contribution in [3.8, 4) is 0 Å². The topological polar surface area (TPSA) is 69.4 Å². The summed E-state index contributed by atoms with van der Waals surface area (Å²) in [6, 6.07) is 0. The third kappa shape index (κ3) is 15.6. The zero-order valence-electron chi connectivity index (χ0n) is 8.76. The Balaban J connectivity index is 0. The standard InChI is InChI=1S/CH5NO3S.H11IP10/c1-5-6(2,3)4;1-8(9(3)4)11(7-2)10(5)6/h1H3,(H2,2,3,4);7H,2-6H2. The summed E-state index contributed by atoms with van der Waals surface area (Å²) in [6.07, 6.45) is 0. The predicted molar refractivity (Wildman–Crippen MR) is 119 cm³/mol. The summed E-state index contributed by atoms with van der Waals surface area (Å²) in [5.41, 5.74) is 0. The minimum Gasteiger partial charge on any atom is -0.262 e. The number of nitrogens with two attached hydrogens (primary N) is 1. The average Bonchev–Trinajstić information content (AvgIpc) is 2.17. The van der Waals surface area contributed by atoms with Crippen molar-refractivity contribution in [3.05, 3.63) is 0 Å². The number of hydrogen-bond acceptors (Lipinski definition) is 3. The predicted octanol–water partition coefficient (Wildman–Crippen LogP) is 5.39. The van der Waals surface area contributed by atoms with E-state index in [0.29, 0.717) is 6.99 Å². The Bertz CT molecular complexity index is 283. The third-order valence-electron chi connectivity index (χ3n) is 0.913. The summed E-state index contributed by atoms with van der Waals surface area (Å²) >= 11 is 2.67. The molecule has 0 bridgehead atoms. The fourth-order valence-electron chi connectivity index (χ4n) is 0.297. The lowest BCUT2D eigenvalue weighted by Gasteiger charge is -2.27. The fourth-order valence-corrected chi connectivity index (χ4v) is 90.5. The van der Waals surface area contributed by atoms with Gasteiger partial charge in [0.15, 0.2) is 0 Å². The molecule has 0 aromatic heterocycles. The van der Waals surface area contributed by atoms with Crippen LogP contribution < -0.4 is 5.14 Å². The van der Waals surface area contributed by atoms with E-state index >= 15 is 0 Å². The second-order valence-corrected chi connectivity index (χ2v) is 45.3. The molecule has 17 heavy (non-hydrogen) atoms. The zero-order chi connectivity index (χ0) is 14.2. The van der Waals surface area contributed by atoms with E-state index in [0.717, 1.165) is 15.1 Å². The lowest BCUT2D eigenvalue weighted by atomic mass is 11.8. The summed E-state index contributed by atoms with van der Waals surface area (Å²) in [5.74, 6) is 0. The highest BCUT2D eigenvalue weighted by atomic mass is 127. The molecule has 0 aliphatic rings. The lowest BCUT2D eigenvalue weighted by molar-refractivity contribution is 0.399. The van der Waals surface area contributed by atoms with Gasteiger partial charge in [0.05, 0.1) is 7.11 Å². The molecule has 0 heterocycles. The lowest BCUT2D eigenvalue weighted by Crippen LogP contribution is -2.12. The molecule has 106 valence electrons. The first kappa shape index (κ1) is 24.2. The van der Waals surface area contributed by atoms with Crippen molar-refractivity contribution >= 4 is 111 Å². The molecule has 0 aromatic rings. The largest absolute Gasteiger partial charge is 0.333 e. The maximum atomic E-state index is 9.56. The quantitative estimate of drug-likeness (QED) is 0.363. The van der Waals surface area contributed by atoms with Crippen molar-refractivity contribution in [2.45, 2.75) is 0 Å². The normalized spacial score (nSPS) is 16.1. The number of halogens is 1. The minimum atomic E-state index is -3.66. The van der Waals surface area contributed by atoms with Gasteiger partial charge in [-0.1, -0.05) is 7.96 Å². The Morgan fingerprint density at radius 3 is 1.65 bits per heavy atom. The van der Waals surface area contributed by atoms with Crippen LogP contribution in [0.25, 0.3) is 0 Å². The first-order chi connectivity index (χ1) is 7.56. The Kier molecular flexibility index (Phi) is 19.0. The van der Waals surface area contributed by atoms with Crippen LogP contribution >= 0.6 is 101 Å². The molecule has 0 saturated heterocycles. The molecule has 8 unspecified atom stereocenters. The van der Waals surface area contributed by atoms with Crippen LogP contribution in [0.15, 0.2) is 0 Å². The van der Waals surface area contributed by atoms with Gasteiger partial charge in [0.2, 0.25) is 0 Å². The van der Waals surface area contributed by atoms with Gasteiger partial charge in [-0.2, -0.15) is 8.42 Å².